The van der Waals surface area contributed by atoms with Crippen LogP contribution >= 0.6 is 11.3 Å². The summed E-state index contributed by atoms with van der Waals surface area (Å²) in [7, 11) is 3.18. The molecule has 2 N–H and O–H groups in total. The summed E-state index contributed by atoms with van der Waals surface area (Å²) in [5.41, 5.74) is 1.31. The Kier molecular flexibility index (Phi) is 6.21. The Morgan fingerprint density at radius 1 is 1.23 bits per heavy atom. The molecule has 30 heavy (non-hydrogen) atoms. The molecule has 0 radical (unpaired) electrons. The largest absolute Gasteiger partial charge is 0.502 e. The Bertz CT molecular complexity index is 978. The highest BCUT2D eigenvalue weighted by Gasteiger charge is 2.47. The van der Waals surface area contributed by atoms with E-state index in [1.54, 1.807) is 26.6 Å². The van der Waals surface area contributed by atoms with E-state index in [2.05, 4.69) is 15.0 Å². The van der Waals surface area contributed by atoms with Crippen molar-refractivity contribution in [3.8, 4) is 22.2 Å². The molecule has 1 aliphatic heterocycles. The first-order chi connectivity index (χ1) is 14.6. The van der Waals surface area contributed by atoms with Crippen LogP contribution in [-0.4, -0.2) is 71.6 Å². The van der Waals surface area contributed by atoms with Gasteiger partial charge >= 0.3 is 0 Å². The number of pyridine rings is 1. The van der Waals surface area contributed by atoms with E-state index >= 15 is 0 Å². The summed E-state index contributed by atoms with van der Waals surface area (Å²) < 4.78 is 29.0. The smallest absolute Gasteiger partial charge is 0.240 e. The number of thiazole rings is 1. The maximum absolute atomic E-state index is 10.7. The lowest BCUT2D eigenvalue weighted by Crippen LogP contribution is -2.60. The third-order valence-electron chi connectivity index (χ3n) is 5.07. The summed E-state index contributed by atoms with van der Waals surface area (Å²) >= 11 is 1.40. The third-order valence-corrected chi connectivity index (χ3v) is 6.09. The van der Waals surface area contributed by atoms with Crippen molar-refractivity contribution < 1.29 is 28.8 Å². The second kappa shape index (κ2) is 8.86. The van der Waals surface area contributed by atoms with Crippen LogP contribution in [0.1, 0.15) is 13.8 Å². The average molecular weight is 436 g/mol. The van der Waals surface area contributed by atoms with Crippen LogP contribution in [-0.2, 0) is 18.9 Å². The molecule has 1 unspecified atom stereocenters. The molecule has 0 aliphatic carbocycles. The summed E-state index contributed by atoms with van der Waals surface area (Å²) in [6.45, 7) is 4.29. The number of rotatable bonds is 7. The van der Waals surface area contributed by atoms with Crippen LogP contribution in [0.5, 0.6) is 11.6 Å². The van der Waals surface area contributed by atoms with Gasteiger partial charge in [0.1, 0.15) is 33.7 Å². The van der Waals surface area contributed by atoms with E-state index in [1.165, 1.54) is 11.3 Å². The quantitative estimate of drug-likeness (QED) is 0.583. The number of methoxy groups -OCH3 is 2. The first kappa shape index (κ1) is 21.0. The second-order valence-electron chi connectivity index (χ2n) is 6.89. The van der Waals surface area contributed by atoms with Crippen molar-refractivity contribution >= 4 is 21.7 Å². The minimum Gasteiger partial charge on any atom is -0.502 e. The topological polar surface area (TPSA) is 108 Å². The lowest BCUT2D eigenvalue weighted by atomic mass is 9.99. The highest BCUT2D eigenvalue weighted by Crippen LogP contribution is 2.41. The van der Waals surface area contributed by atoms with Crippen LogP contribution in [0.4, 0.5) is 0 Å². The molecule has 5 atom stereocenters. The molecule has 4 rings (SSSR count). The number of nitrogens with one attached hydrogen (secondary N) is 1. The monoisotopic (exact) mass is 435 g/mol. The summed E-state index contributed by atoms with van der Waals surface area (Å²) in [6, 6.07) is 3.76. The molecule has 0 spiro atoms. The molecule has 0 aromatic carbocycles. The maximum atomic E-state index is 10.7. The predicted octanol–water partition coefficient (Wildman–Crippen LogP) is 2.95. The molecule has 3 aromatic heterocycles. The minimum absolute atomic E-state index is 0.0793. The van der Waals surface area contributed by atoms with Gasteiger partial charge in [0, 0.05) is 38.8 Å². The van der Waals surface area contributed by atoms with Gasteiger partial charge in [-0.2, -0.15) is 0 Å². The predicted molar refractivity (Wildman–Crippen MR) is 111 cm³/mol. The number of nitrogens with zero attached hydrogens (tertiary/aromatic N) is 2. The second-order valence-corrected chi connectivity index (χ2v) is 7.89. The van der Waals surface area contributed by atoms with Crippen LogP contribution < -0.4 is 4.74 Å². The minimum atomic E-state index is -0.801. The fourth-order valence-electron chi connectivity index (χ4n) is 3.67. The van der Waals surface area contributed by atoms with Crippen molar-refractivity contribution in [2.24, 2.45) is 0 Å². The van der Waals surface area contributed by atoms with Crippen molar-refractivity contribution in [3.05, 3.63) is 24.5 Å². The summed E-state index contributed by atoms with van der Waals surface area (Å²) in [4.78, 5) is 12.4. The highest BCUT2D eigenvalue weighted by atomic mass is 32.1. The number of aromatic nitrogens is 3. The molecule has 1 fully saturated rings. The van der Waals surface area contributed by atoms with E-state index in [1.807, 2.05) is 26.0 Å². The maximum Gasteiger partial charge on any atom is 0.240 e. The van der Waals surface area contributed by atoms with E-state index in [0.717, 1.165) is 10.6 Å². The zero-order valence-corrected chi connectivity index (χ0v) is 18.0. The number of aromatic amines is 1. The Morgan fingerprint density at radius 2 is 2.03 bits per heavy atom. The van der Waals surface area contributed by atoms with Crippen molar-refractivity contribution in [3.63, 3.8) is 0 Å². The molecule has 0 amide bonds. The van der Waals surface area contributed by atoms with Gasteiger partial charge in [0.2, 0.25) is 17.9 Å². The van der Waals surface area contributed by atoms with Crippen LogP contribution in [0.2, 0.25) is 0 Å². The Morgan fingerprint density at radius 3 is 2.67 bits per heavy atom. The van der Waals surface area contributed by atoms with Crippen molar-refractivity contribution in [2.75, 3.05) is 20.8 Å². The lowest BCUT2D eigenvalue weighted by molar-refractivity contribution is -0.286. The van der Waals surface area contributed by atoms with Crippen molar-refractivity contribution in [1.82, 2.24) is 15.0 Å². The normalized spacial score (nSPS) is 26.9. The van der Waals surface area contributed by atoms with Crippen LogP contribution in [0.3, 0.4) is 0 Å². The number of ether oxygens (including phenoxy) is 5. The summed E-state index contributed by atoms with van der Waals surface area (Å²) in [5.74, 6) is 0.0937. The van der Waals surface area contributed by atoms with E-state index in [-0.39, 0.29) is 29.9 Å². The number of fused-ring (bicyclic) bond motifs is 1. The zero-order valence-electron chi connectivity index (χ0n) is 17.2. The molecule has 0 saturated carbocycles. The van der Waals surface area contributed by atoms with Crippen LogP contribution in [0.25, 0.3) is 20.9 Å². The van der Waals surface area contributed by atoms with Gasteiger partial charge in [-0.1, -0.05) is 11.3 Å². The zero-order chi connectivity index (χ0) is 21.3. The molecular weight excluding hydrogens is 410 g/mol. The first-order valence-corrected chi connectivity index (χ1v) is 10.5. The SMILES string of the molecule is CCO[C@@H]1[C@@H](OC)[C@H](C)OC(Oc2[nH]c3sc(-c4cccnc4)nc3c2O)[C@@H]1OC. The van der Waals surface area contributed by atoms with Gasteiger partial charge in [-0.3, -0.25) is 4.98 Å². The van der Waals surface area contributed by atoms with Crippen molar-refractivity contribution in [2.45, 2.75) is 44.6 Å². The molecule has 162 valence electrons. The Labute approximate surface area is 177 Å². The standard InChI is InChI=1S/C20H25N3O6S/c1-5-27-15-14(25-3)10(2)28-20(16(15)26-4)29-17-13(24)12-19(23-17)30-18(22-12)11-7-6-8-21-9-11/h6-10,14-16,20,23-24H,5H2,1-4H3/t10-,14-,15+,16+,20?/m0/s1. The van der Waals surface area contributed by atoms with Gasteiger partial charge in [-0.25, -0.2) is 4.98 Å². The molecule has 4 heterocycles. The highest BCUT2D eigenvalue weighted by molar-refractivity contribution is 7.21. The van der Waals surface area contributed by atoms with Crippen molar-refractivity contribution in [1.29, 1.82) is 0 Å². The van der Waals surface area contributed by atoms with Gasteiger partial charge in [0.15, 0.2) is 0 Å². The van der Waals surface area contributed by atoms with Crippen LogP contribution in [0, 0.1) is 0 Å². The molecule has 9 nitrogen and oxygen atoms in total. The van der Waals surface area contributed by atoms with E-state index in [4.69, 9.17) is 23.7 Å². The number of hydrogen-bond acceptors (Lipinski definition) is 9. The fraction of sp³-hybridized carbons (Fsp3) is 0.500. The average Bonchev–Trinajstić information content (AvgIpc) is 3.29. The van der Waals surface area contributed by atoms with Gasteiger partial charge in [-0.15, -0.1) is 0 Å². The van der Waals surface area contributed by atoms with Gasteiger partial charge in [0.25, 0.3) is 0 Å². The molecule has 0 bridgehead atoms. The molecular formula is C20H25N3O6S. The Balaban J connectivity index is 1.59. The third kappa shape index (κ3) is 3.77. The number of hydrogen-bond donors (Lipinski definition) is 2. The molecule has 1 saturated heterocycles. The van der Waals surface area contributed by atoms with E-state index in [9.17, 15) is 5.11 Å². The lowest BCUT2D eigenvalue weighted by Gasteiger charge is -2.43. The van der Waals surface area contributed by atoms with E-state index < -0.39 is 12.4 Å². The van der Waals surface area contributed by atoms with Gasteiger partial charge in [0.05, 0.1) is 6.10 Å². The fourth-order valence-corrected chi connectivity index (χ4v) is 4.62. The number of H-pyrrole nitrogens is 1. The molecule has 10 heteroatoms. The summed E-state index contributed by atoms with van der Waals surface area (Å²) in [6.07, 6.45) is 1.10. The van der Waals surface area contributed by atoms with Gasteiger partial charge in [-0.05, 0) is 26.0 Å². The van der Waals surface area contributed by atoms with E-state index in [0.29, 0.717) is 17.0 Å². The Hall–Kier alpha value is -2.24. The molecule has 1 aliphatic rings. The number of aromatic hydroxyl groups is 1. The van der Waals surface area contributed by atoms with Crippen LogP contribution in [0.15, 0.2) is 24.5 Å². The molecule has 3 aromatic rings. The summed E-state index contributed by atoms with van der Waals surface area (Å²) in [5, 5.41) is 11.4. The first-order valence-electron chi connectivity index (χ1n) is 9.68. The van der Waals surface area contributed by atoms with Gasteiger partial charge < -0.3 is 33.8 Å².